The molecule has 0 spiro atoms. The maximum Gasteiger partial charge on any atom is 0.158 e. The fourth-order valence-electron chi connectivity index (χ4n) is 6.55. The molecule has 0 saturated heterocycles. The van der Waals surface area contributed by atoms with Gasteiger partial charge < -0.3 is 10.6 Å². The number of halogens is 2. The lowest BCUT2D eigenvalue weighted by molar-refractivity contribution is 0.686. The molecule has 0 aliphatic heterocycles. The molecule has 12 heteroatoms. The number of thiophene rings is 2. The average Bonchev–Trinajstić information content (AvgIpc) is 4.00. The molecule has 0 saturated carbocycles. The van der Waals surface area contributed by atoms with E-state index in [2.05, 4.69) is 147 Å². The third-order valence-electron chi connectivity index (χ3n) is 9.38. The molecule has 276 valence electrons. The lowest BCUT2D eigenvalue weighted by Crippen LogP contribution is -2.17. The van der Waals surface area contributed by atoms with Crippen molar-refractivity contribution in [1.29, 1.82) is 0 Å². The summed E-state index contributed by atoms with van der Waals surface area (Å²) < 4.78 is 5.97. The third-order valence-corrected chi connectivity index (χ3v) is 11.8. The fourth-order valence-corrected chi connectivity index (χ4v) is 8.36. The Morgan fingerprint density at radius 1 is 0.593 bits per heavy atom. The molecule has 8 rings (SSSR count). The smallest absolute Gasteiger partial charge is 0.158 e. The Morgan fingerprint density at radius 3 is 1.37 bits per heavy atom. The molecule has 0 unspecified atom stereocenters. The Bertz CT molecular complexity index is 2280. The van der Waals surface area contributed by atoms with Crippen LogP contribution in [-0.2, 0) is 40.0 Å². The predicted molar refractivity (Wildman–Crippen MR) is 232 cm³/mol. The van der Waals surface area contributed by atoms with Crippen LogP contribution in [0, 0.1) is 13.8 Å². The molecule has 0 bridgehead atoms. The highest BCUT2D eigenvalue weighted by molar-refractivity contribution is 9.10. The fraction of sp³-hybridized carbons (Fsp3) is 0.238. The van der Waals surface area contributed by atoms with Crippen LogP contribution in [0.2, 0.25) is 0 Å². The van der Waals surface area contributed by atoms with E-state index in [9.17, 15) is 0 Å². The number of benzene rings is 2. The van der Waals surface area contributed by atoms with E-state index in [4.69, 9.17) is 9.97 Å². The number of fused-ring (bicyclic) bond motifs is 2. The minimum absolute atomic E-state index is 0.791. The van der Waals surface area contributed by atoms with Crippen LogP contribution in [0.5, 0.6) is 0 Å². The number of rotatable bonds is 12. The highest BCUT2D eigenvalue weighted by Crippen LogP contribution is 2.30. The lowest BCUT2D eigenvalue weighted by atomic mass is 10.1. The predicted octanol–water partition coefficient (Wildman–Crippen LogP) is 10.2. The highest BCUT2D eigenvalue weighted by atomic mass is 79.9. The monoisotopic (exact) mass is 880 g/mol. The van der Waals surface area contributed by atoms with Crippen molar-refractivity contribution >= 4 is 76.6 Å². The summed E-state index contributed by atoms with van der Waals surface area (Å²) in [5, 5.41) is 27.0. The number of pyridine rings is 2. The normalized spacial score (nSPS) is 11.4. The molecular weight excluding hydrogens is 840 g/mol. The van der Waals surface area contributed by atoms with Crippen molar-refractivity contribution in [2.75, 3.05) is 13.1 Å². The Labute approximate surface area is 341 Å². The molecule has 0 aliphatic carbocycles. The van der Waals surface area contributed by atoms with E-state index in [0.717, 1.165) is 92.8 Å². The van der Waals surface area contributed by atoms with E-state index in [1.54, 1.807) is 22.7 Å². The quantitative estimate of drug-likeness (QED) is 0.119. The van der Waals surface area contributed by atoms with Crippen molar-refractivity contribution < 1.29 is 0 Å². The van der Waals surface area contributed by atoms with Gasteiger partial charge in [-0.25, -0.2) is 9.97 Å². The van der Waals surface area contributed by atoms with Crippen LogP contribution >= 0.6 is 54.5 Å². The van der Waals surface area contributed by atoms with Crippen LogP contribution in [0.15, 0.2) is 103 Å². The zero-order valence-corrected chi connectivity index (χ0v) is 35.5. The van der Waals surface area contributed by atoms with Gasteiger partial charge in [0, 0.05) is 68.8 Å². The first-order valence-electron chi connectivity index (χ1n) is 17.9. The van der Waals surface area contributed by atoms with Crippen molar-refractivity contribution in [3.8, 4) is 22.5 Å². The SMILES string of the molecule is Cc1nn(C)c2nc(-c3ccsc3)c(CNCCc3ccc(Br)cc3)cc12.Cc1nn(C)c2nc(-c3ccsc3)c(CNCCc3ccc(Br)cc3)cc12. The highest BCUT2D eigenvalue weighted by Gasteiger charge is 2.16. The molecule has 0 atom stereocenters. The van der Waals surface area contributed by atoms with E-state index >= 15 is 0 Å². The molecule has 0 radical (unpaired) electrons. The summed E-state index contributed by atoms with van der Waals surface area (Å²) in [7, 11) is 3.91. The molecule has 8 aromatic rings. The van der Waals surface area contributed by atoms with Crippen LogP contribution in [0.3, 0.4) is 0 Å². The van der Waals surface area contributed by atoms with E-state index in [1.807, 2.05) is 37.3 Å². The summed E-state index contributed by atoms with van der Waals surface area (Å²) in [6, 6.07) is 25.8. The molecule has 0 fully saturated rings. The minimum atomic E-state index is 0.791. The van der Waals surface area contributed by atoms with Gasteiger partial charge in [-0.3, -0.25) is 9.36 Å². The van der Waals surface area contributed by atoms with Gasteiger partial charge in [-0.05, 0) is 121 Å². The molecular formula is C42H42Br2N8S2. The van der Waals surface area contributed by atoms with Crippen molar-refractivity contribution in [1.82, 2.24) is 40.2 Å². The van der Waals surface area contributed by atoms with Gasteiger partial charge in [0.2, 0.25) is 0 Å². The second-order valence-electron chi connectivity index (χ2n) is 13.3. The number of aromatic nitrogens is 6. The van der Waals surface area contributed by atoms with Crippen molar-refractivity contribution in [2.45, 2.75) is 39.8 Å². The maximum absolute atomic E-state index is 4.95. The zero-order valence-electron chi connectivity index (χ0n) is 30.7. The van der Waals surface area contributed by atoms with Gasteiger partial charge in [0.25, 0.3) is 0 Å². The molecule has 0 amide bonds. The van der Waals surface area contributed by atoms with Gasteiger partial charge >= 0.3 is 0 Å². The molecule has 54 heavy (non-hydrogen) atoms. The van der Waals surface area contributed by atoms with Crippen molar-refractivity contribution in [3.63, 3.8) is 0 Å². The van der Waals surface area contributed by atoms with Crippen molar-refractivity contribution in [3.05, 3.63) is 137 Å². The van der Waals surface area contributed by atoms with Gasteiger partial charge in [0.1, 0.15) is 0 Å². The molecule has 8 nitrogen and oxygen atoms in total. The van der Waals surface area contributed by atoms with Gasteiger partial charge in [-0.2, -0.15) is 32.9 Å². The molecule has 0 aliphatic rings. The lowest BCUT2D eigenvalue weighted by Gasteiger charge is -2.10. The Balaban J connectivity index is 0.000000167. The topological polar surface area (TPSA) is 85.5 Å². The summed E-state index contributed by atoms with van der Waals surface area (Å²) in [6.07, 6.45) is 2.01. The summed E-state index contributed by atoms with van der Waals surface area (Å²) in [4.78, 5) is 9.89. The van der Waals surface area contributed by atoms with Gasteiger partial charge in [0.05, 0.1) is 22.8 Å². The largest absolute Gasteiger partial charge is 0.312 e. The second-order valence-corrected chi connectivity index (χ2v) is 16.7. The maximum atomic E-state index is 4.95. The van der Waals surface area contributed by atoms with E-state index in [0.29, 0.717) is 0 Å². The summed E-state index contributed by atoms with van der Waals surface area (Å²) in [5.41, 5.74) is 13.4. The summed E-state index contributed by atoms with van der Waals surface area (Å²) >= 11 is 10.4. The number of hydrogen-bond donors (Lipinski definition) is 2. The van der Waals surface area contributed by atoms with E-state index < -0.39 is 0 Å². The Hall–Kier alpha value is -4.04. The number of nitrogens with one attached hydrogen (secondary N) is 2. The van der Waals surface area contributed by atoms with Gasteiger partial charge in [-0.15, -0.1) is 0 Å². The van der Waals surface area contributed by atoms with Crippen molar-refractivity contribution in [2.24, 2.45) is 14.1 Å². The van der Waals surface area contributed by atoms with Crippen LogP contribution in [-0.4, -0.2) is 42.6 Å². The second kappa shape index (κ2) is 17.6. The molecule has 2 aromatic carbocycles. The first-order chi connectivity index (χ1) is 26.2. The third kappa shape index (κ3) is 9.07. The summed E-state index contributed by atoms with van der Waals surface area (Å²) in [5.74, 6) is 0. The molecule has 2 N–H and O–H groups in total. The number of nitrogens with zero attached hydrogens (tertiary/aromatic N) is 6. The van der Waals surface area contributed by atoms with E-state index in [1.165, 1.54) is 33.4 Å². The summed E-state index contributed by atoms with van der Waals surface area (Å²) in [6.45, 7) is 7.51. The van der Waals surface area contributed by atoms with Crippen LogP contribution < -0.4 is 10.6 Å². The number of hydrogen-bond acceptors (Lipinski definition) is 8. The minimum Gasteiger partial charge on any atom is -0.312 e. The number of aryl methyl sites for hydroxylation is 4. The van der Waals surface area contributed by atoms with Gasteiger partial charge in [-0.1, -0.05) is 56.1 Å². The van der Waals surface area contributed by atoms with Crippen LogP contribution in [0.1, 0.15) is 33.6 Å². The first-order valence-corrected chi connectivity index (χ1v) is 21.3. The van der Waals surface area contributed by atoms with Crippen LogP contribution in [0.25, 0.3) is 44.6 Å². The Morgan fingerprint density at radius 2 is 1.00 bits per heavy atom. The average molecular weight is 883 g/mol. The molecule has 6 aromatic heterocycles. The molecule has 6 heterocycles. The first kappa shape index (κ1) is 38.2. The van der Waals surface area contributed by atoms with Crippen LogP contribution in [0.4, 0.5) is 0 Å². The van der Waals surface area contributed by atoms with Gasteiger partial charge in [0.15, 0.2) is 11.3 Å². The standard InChI is InChI=1S/2C21H21BrN4S/c2*1-14-19-11-17(12-23-9-7-15-3-5-18(22)6-4-15)20(16-8-10-27-13-16)24-21(19)26(2)25-14/h2*3-6,8,10-11,13,23H,7,9,12H2,1-2H3. The van der Waals surface area contributed by atoms with E-state index in [-0.39, 0.29) is 0 Å². The Kier molecular flexibility index (Phi) is 12.5. The zero-order chi connectivity index (χ0) is 37.6.